The lowest BCUT2D eigenvalue weighted by atomic mass is 9.96. The summed E-state index contributed by atoms with van der Waals surface area (Å²) in [6.45, 7) is 2.82. The number of nitrogens with one attached hydrogen (secondary N) is 1. The fourth-order valence-corrected chi connectivity index (χ4v) is 5.46. The van der Waals surface area contributed by atoms with Gasteiger partial charge in [-0.3, -0.25) is 9.78 Å². The van der Waals surface area contributed by atoms with Crippen molar-refractivity contribution in [3.8, 4) is 11.1 Å². The van der Waals surface area contributed by atoms with E-state index in [2.05, 4.69) is 9.71 Å². The minimum absolute atomic E-state index is 0.00976. The summed E-state index contributed by atoms with van der Waals surface area (Å²) in [5.41, 5.74) is 1.69. The Kier molecular flexibility index (Phi) is 6.31. The van der Waals surface area contributed by atoms with Crippen molar-refractivity contribution in [1.29, 1.82) is 0 Å². The second kappa shape index (κ2) is 8.86. The van der Waals surface area contributed by atoms with Gasteiger partial charge in [-0.15, -0.1) is 0 Å². The molecular formula is C23H27F2N3O3S. The first-order valence-electron chi connectivity index (χ1n) is 10.8. The highest BCUT2D eigenvalue weighted by molar-refractivity contribution is 7.88. The summed E-state index contributed by atoms with van der Waals surface area (Å²) in [5, 5.41) is 0. The summed E-state index contributed by atoms with van der Waals surface area (Å²) in [6, 6.07) is 5.28. The zero-order valence-electron chi connectivity index (χ0n) is 18.1. The smallest absolute Gasteiger partial charge is 0.226 e. The number of pyridine rings is 1. The number of aromatic nitrogens is 1. The minimum atomic E-state index is -3.29. The minimum Gasteiger partial charge on any atom is -0.342 e. The number of nitrogens with zero attached hydrogens (tertiary/aromatic N) is 2. The lowest BCUT2D eigenvalue weighted by Crippen LogP contribution is -2.36. The highest BCUT2D eigenvalue weighted by Gasteiger charge is 2.47. The summed E-state index contributed by atoms with van der Waals surface area (Å²) in [6.07, 6.45) is 5.34. The number of sulfonamides is 1. The van der Waals surface area contributed by atoms with Gasteiger partial charge in [-0.05, 0) is 67.9 Å². The van der Waals surface area contributed by atoms with Gasteiger partial charge in [-0.2, -0.15) is 0 Å². The lowest BCUT2D eigenvalue weighted by Gasteiger charge is -2.21. The molecule has 32 heavy (non-hydrogen) atoms. The van der Waals surface area contributed by atoms with Crippen LogP contribution in [0.2, 0.25) is 0 Å². The van der Waals surface area contributed by atoms with E-state index in [1.165, 1.54) is 18.2 Å². The van der Waals surface area contributed by atoms with E-state index in [0.717, 1.165) is 6.26 Å². The average Bonchev–Trinajstić information content (AvgIpc) is 3.51. The third-order valence-corrected chi connectivity index (χ3v) is 6.99. The van der Waals surface area contributed by atoms with Crippen molar-refractivity contribution in [3.63, 3.8) is 0 Å². The van der Waals surface area contributed by atoms with Crippen LogP contribution < -0.4 is 4.72 Å². The molecule has 1 N–H and O–H groups in total. The molecule has 1 aromatic heterocycles. The lowest BCUT2D eigenvalue weighted by molar-refractivity contribution is -0.132. The van der Waals surface area contributed by atoms with Crippen molar-refractivity contribution in [2.45, 2.75) is 44.6 Å². The molecule has 9 heteroatoms. The Morgan fingerprint density at radius 2 is 1.91 bits per heavy atom. The number of hydrogen-bond acceptors (Lipinski definition) is 4. The molecule has 1 amide bonds. The van der Waals surface area contributed by atoms with Crippen molar-refractivity contribution >= 4 is 15.9 Å². The molecular weight excluding hydrogens is 436 g/mol. The van der Waals surface area contributed by atoms with Crippen LogP contribution in [0.4, 0.5) is 8.78 Å². The molecule has 1 saturated carbocycles. The molecule has 0 unspecified atom stereocenters. The number of halogens is 2. The van der Waals surface area contributed by atoms with E-state index < -0.39 is 21.7 Å². The molecule has 1 aliphatic heterocycles. The number of carbonyl (C=O) groups excluding carboxylic acids is 1. The Labute approximate surface area is 187 Å². The second-order valence-corrected chi connectivity index (χ2v) is 10.6. The topological polar surface area (TPSA) is 79.4 Å². The largest absolute Gasteiger partial charge is 0.342 e. The average molecular weight is 464 g/mol. The van der Waals surface area contributed by atoms with Crippen molar-refractivity contribution in [3.05, 3.63) is 53.4 Å². The normalized spacial score (nSPS) is 23.6. The quantitative estimate of drug-likeness (QED) is 0.738. The number of aryl methyl sites for hydroxylation is 1. The Hall–Kier alpha value is -2.39. The molecule has 1 aromatic carbocycles. The van der Waals surface area contributed by atoms with Gasteiger partial charge in [0.15, 0.2) is 0 Å². The van der Waals surface area contributed by atoms with Gasteiger partial charge in [0.2, 0.25) is 15.9 Å². The van der Waals surface area contributed by atoms with E-state index in [4.69, 9.17) is 0 Å². The molecule has 0 bridgehead atoms. The number of benzene rings is 1. The summed E-state index contributed by atoms with van der Waals surface area (Å²) >= 11 is 0. The molecule has 0 radical (unpaired) electrons. The Bertz CT molecular complexity index is 1120. The van der Waals surface area contributed by atoms with Crippen LogP contribution >= 0.6 is 0 Å². The maximum Gasteiger partial charge on any atom is 0.226 e. The monoisotopic (exact) mass is 463 g/mol. The Balaban J connectivity index is 1.51. The van der Waals surface area contributed by atoms with Gasteiger partial charge in [0, 0.05) is 36.9 Å². The highest BCUT2D eigenvalue weighted by Crippen LogP contribution is 2.51. The van der Waals surface area contributed by atoms with E-state index in [0.29, 0.717) is 55.6 Å². The van der Waals surface area contributed by atoms with Gasteiger partial charge in [0.25, 0.3) is 0 Å². The first kappa shape index (κ1) is 22.8. The van der Waals surface area contributed by atoms with Crippen molar-refractivity contribution < 1.29 is 22.0 Å². The van der Waals surface area contributed by atoms with E-state index in [1.807, 2.05) is 0 Å². The number of likely N-dealkylation sites (tertiary alicyclic amines) is 1. The number of amides is 1. The van der Waals surface area contributed by atoms with Gasteiger partial charge in [0.1, 0.15) is 11.6 Å². The van der Waals surface area contributed by atoms with Crippen LogP contribution in [0.3, 0.4) is 0 Å². The van der Waals surface area contributed by atoms with Crippen LogP contribution in [-0.2, 0) is 14.8 Å². The molecule has 1 saturated heterocycles. The van der Waals surface area contributed by atoms with E-state index in [1.54, 1.807) is 24.1 Å². The van der Waals surface area contributed by atoms with Gasteiger partial charge >= 0.3 is 0 Å². The van der Waals surface area contributed by atoms with Crippen molar-refractivity contribution in [2.24, 2.45) is 5.92 Å². The fourth-order valence-electron chi connectivity index (χ4n) is 4.62. The van der Waals surface area contributed by atoms with Gasteiger partial charge in [0.05, 0.1) is 11.8 Å². The van der Waals surface area contributed by atoms with Gasteiger partial charge in [-0.25, -0.2) is 21.9 Å². The highest BCUT2D eigenvalue weighted by atomic mass is 32.2. The van der Waals surface area contributed by atoms with Crippen molar-refractivity contribution in [1.82, 2.24) is 14.6 Å². The van der Waals surface area contributed by atoms with Crippen molar-refractivity contribution in [2.75, 3.05) is 19.3 Å². The van der Waals surface area contributed by atoms with E-state index >= 15 is 0 Å². The van der Waals surface area contributed by atoms with Crippen LogP contribution in [0.25, 0.3) is 11.1 Å². The molecule has 3 atom stereocenters. The van der Waals surface area contributed by atoms with Gasteiger partial charge in [-0.1, -0.05) is 6.07 Å². The summed E-state index contributed by atoms with van der Waals surface area (Å²) in [5.74, 6) is -1.67. The first-order valence-corrected chi connectivity index (χ1v) is 12.7. The standard InChI is InChI=1S/C23H27F2N3O3S/c1-14-11-17(22-20(24)6-3-7-21(22)25)19(13-26-14)16-12-18(16)23(29)28-9-4-5-15(8-10-28)27-32(2,30)31/h3,6-7,11,13,15-16,18,27H,4-5,8-10,12H2,1-2H3/t15-,16-,18-/m1/s1. The fraction of sp³-hybridized carbons (Fsp3) is 0.478. The Morgan fingerprint density at radius 3 is 2.59 bits per heavy atom. The zero-order chi connectivity index (χ0) is 23.0. The van der Waals surface area contributed by atoms with E-state index in [-0.39, 0.29) is 29.3 Å². The molecule has 1 aliphatic carbocycles. The predicted octanol–water partition coefficient (Wildman–Crippen LogP) is 3.37. The SMILES string of the molecule is Cc1cc(-c2c(F)cccc2F)c([C@@H]2C[C@H]2C(=O)N2CCC[C@@H](NS(C)(=O)=O)CC2)cn1. The van der Waals surface area contributed by atoms with Crippen LogP contribution in [0.1, 0.15) is 42.9 Å². The molecule has 2 heterocycles. The third kappa shape index (κ3) is 4.99. The maximum atomic E-state index is 14.5. The third-order valence-electron chi connectivity index (χ3n) is 6.23. The van der Waals surface area contributed by atoms with Crippen LogP contribution in [-0.4, -0.2) is 49.6 Å². The molecule has 2 aromatic rings. The van der Waals surface area contributed by atoms with Crippen LogP contribution in [0.15, 0.2) is 30.5 Å². The Morgan fingerprint density at radius 1 is 1.19 bits per heavy atom. The predicted molar refractivity (Wildman–Crippen MR) is 117 cm³/mol. The van der Waals surface area contributed by atoms with Crippen LogP contribution in [0.5, 0.6) is 0 Å². The number of carbonyl (C=O) groups is 1. The molecule has 2 fully saturated rings. The zero-order valence-corrected chi connectivity index (χ0v) is 19.0. The number of rotatable bonds is 5. The van der Waals surface area contributed by atoms with E-state index in [9.17, 15) is 22.0 Å². The molecule has 0 spiro atoms. The molecule has 172 valence electrons. The second-order valence-electron chi connectivity index (χ2n) is 8.80. The summed E-state index contributed by atoms with van der Waals surface area (Å²) in [4.78, 5) is 19.3. The summed E-state index contributed by atoms with van der Waals surface area (Å²) < 4.78 is 54.6. The first-order chi connectivity index (χ1) is 15.1. The number of hydrogen-bond donors (Lipinski definition) is 1. The molecule has 6 nitrogen and oxygen atoms in total. The molecule has 4 rings (SSSR count). The summed E-state index contributed by atoms with van der Waals surface area (Å²) in [7, 11) is -3.29. The van der Waals surface area contributed by atoms with Gasteiger partial charge < -0.3 is 4.90 Å². The molecule has 2 aliphatic rings. The van der Waals surface area contributed by atoms with Crippen LogP contribution in [0, 0.1) is 24.5 Å². The maximum absolute atomic E-state index is 14.5.